The highest BCUT2D eigenvalue weighted by Gasteiger charge is 2.27. The highest BCUT2D eigenvalue weighted by Crippen LogP contribution is 2.28. The summed E-state index contributed by atoms with van der Waals surface area (Å²) in [5.41, 5.74) is 0. The van der Waals surface area contributed by atoms with E-state index in [1.807, 2.05) is 22.2 Å². The number of hydrogen-bond acceptors (Lipinski definition) is 5. The van der Waals surface area contributed by atoms with Crippen LogP contribution in [0.3, 0.4) is 0 Å². The second-order valence-electron chi connectivity index (χ2n) is 6.59. The number of morpholine rings is 1. The van der Waals surface area contributed by atoms with Gasteiger partial charge in [-0.25, -0.2) is 14.5 Å². The summed E-state index contributed by atoms with van der Waals surface area (Å²) in [4.78, 5) is 19.7. The van der Waals surface area contributed by atoms with E-state index >= 15 is 0 Å². The normalized spacial score (nSPS) is 22.1. The fraction of sp³-hybridized carbons (Fsp3) is 0.588. The van der Waals surface area contributed by atoms with Gasteiger partial charge in [0.15, 0.2) is 0 Å². The van der Waals surface area contributed by atoms with Gasteiger partial charge < -0.3 is 9.64 Å². The molecule has 2 aromatic rings. The molecule has 1 saturated heterocycles. The largest absolute Gasteiger partial charge is 0.369 e. The van der Waals surface area contributed by atoms with E-state index in [-0.39, 0.29) is 12.1 Å². The summed E-state index contributed by atoms with van der Waals surface area (Å²) in [6.07, 6.45) is 7.75. The minimum atomic E-state index is -0.161. The SMILES string of the molecule is O=C(Nc1ncn(C2CCCCC2)n1)N1CCOC(c2cccs2)C1. The molecule has 3 heterocycles. The molecule has 25 heavy (non-hydrogen) atoms. The third kappa shape index (κ3) is 3.85. The molecule has 2 fully saturated rings. The number of hydrogen-bond donors (Lipinski definition) is 1. The summed E-state index contributed by atoms with van der Waals surface area (Å²) in [5.74, 6) is 0.384. The van der Waals surface area contributed by atoms with E-state index in [0.717, 1.165) is 17.7 Å². The number of carbonyl (C=O) groups is 1. The topological polar surface area (TPSA) is 72.3 Å². The summed E-state index contributed by atoms with van der Waals surface area (Å²) < 4.78 is 7.70. The molecule has 1 atom stereocenters. The molecule has 1 aliphatic carbocycles. The van der Waals surface area contributed by atoms with E-state index in [2.05, 4.69) is 15.4 Å². The second-order valence-corrected chi connectivity index (χ2v) is 7.57. The molecule has 1 N–H and O–H groups in total. The first-order valence-electron chi connectivity index (χ1n) is 8.91. The van der Waals surface area contributed by atoms with Crippen LogP contribution in [0, 0.1) is 0 Å². The van der Waals surface area contributed by atoms with Crippen molar-refractivity contribution >= 4 is 23.3 Å². The molecule has 1 unspecified atom stereocenters. The summed E-state index contributed by atoms with van der Waals surface area (Å²) in [7, 11) is 0. The molecular formula is C17H23N5O2S. The number of carbonyl (C=O) groups excluding carboxylic acids is 1. The zero-order valence-electron chi connectivity index (χ0n) is 14.1. The van der Waals surface area contributed by atoms with Crippen LogP contribution < -0.4 is 5.32 Å². The number of aromatic nitrogens is 3. The van der Waals surface area contributed by atoms with Gasteiger partial charge in [0.05, 0.1) is 19.2 Å². The number of nitrogens with zero attached hydrogens (tertiary/aromatic N) is 4. The summed E-state index contributed by atoms with van der Waals surface area (Å²) in [6.45, 7) is 1.67. The minimum Gasteiger partial charge on any atom is -0.369 e. The average Bonchev–Trinajstić information content (AvgIpc) is 3.35. The molecule has 2 aromatic heterocycles. The zero-order valence-corrected chi connectivity index (χ0v) is 15.0. The first kappa shape index (κ1) is 16.5. The molecule has 0 bridgehead atoms. The van der Waals surface area contributed by atoms with Crippen LogP contribution in [-0.4, -0.2) is 45.4 Å². The van der Waals surface area contributed by atoms with E-state index in [1.54, 1.807) is 22.6 Å². The lowest BCUT2D eigenvalue weighted by molar-refractivity contribution is -0.0116. The van der Waals surface area contributed by atoms with Crippen LogP contribution in [0.1, 0.15) is 49.1 Å². The Morgan fingerprint density at radius 3 is 3.00 bits per heavy atom. The van der Waals surface area contributed by atoms with E-state index in [4.69, 9.17) is 4.74 Å². The quantitative estimate of drug-likeness (QED) is 0.909. The number of urea groups is 1. The minimum absolute atomic E-state index is 0.0488. The maximum atomic E-state index is 12.5. The van der Waals surface area contributed by atoms with Crippen LogP contribution in [0.4, 0.5) is 10.7 Å². The molecular weight excluding hydrogens is 338 g/mol. The van der Waals surface area contributed by atoms with Crippen LogP contribution in [-0.2, 0) is 4.74 Å². The molecule has 1 aliphatic heterocycles. The van der Waals surface area contributed by atoms with Crippen molar-refractivity contribution in [1.29, 1.82) is 0 Å². The molecule has 7 nitrogen and oxygen atoms in total. The fourth-order valence-electron chi connectivity index (χ4n) is 3.51. The fourth-order valence-corrected chi connectivity index (χ4v) is 4.27. The molecule has 2 aliphatic rings. The van der Waals surface area contributed by atoms with Crippen LogP contribution in [0.25, 0.3) is 0 Å². The van der Waals surface area contributed by atoms with Crippen LogP contribution in [0.2, 0.25) is 0 Å². The number of ether oxygens (including phenoxy) is 1. The third-order valence-corrected chi connectivity index (χ3v) is 5.85. The molecule has 0 spiro atoms. The van der Waals surface area contributed by atoms with Crippen molar-refractivity contribution in [2.45, 2.75) is 44.2 Å². The van der Waals surface area contributed by atoms with Gasteiger partial charge in [-0.2, -0.15) is 0 Å². The highest BCUT2D eigenvalue weighted by molar-refractivity contribution is 7.10. The predicted molar refractivity (Wildman–Crippen MR) is 95.7 cm³/mol. The summed E-state index contributed by atoms with van der Waals surface area (Å²) in [5, 5.41) is 9.31. The van der Waals surface area contributed by atoms with Crippen molar-refractivity contribution in [2.75, 3.05) is 25.0 Å². The number of anilines is 1. The predicted octanol–water partition coefficient (Wildman–Crippen LogP) is 3.45. The van der Waals surface area contributed by atoms with Gasteiger partial charge in [0.2, 0.25) is 5.95 Å². The Morgan fingerprint density at radius 1 is 1.32 bits per heavy atom. The number of thiophene rings is 1. The van der Waals surface area contributed by atoms with Gasteiger partial charge in [-0.15, -0.1) is 16.4 Å². The first-order chi connectivity index (χ1) is 12.3. The Morgan fingerprint density at radius 2 is 2.20 bits per heavy atom. The summed E-state index contributed by atoms with van der Waals surface area (Å²) >= 11 is 1.65. The molecule has 4 rings (SSSR count). The van der Waals surface area contributed by atoms with Gasteiger partial charge in [0.1, 0.15) is 12.4 Å². The standard InChI is InChI=1S/C17H23N5O2S/c23-17(21-8-9-24-14(11-21)15-7-4-10-25-15)19-16-18-12-22(20-16)13-5-2-1-3-6-13/h4,7,10,12-14H,1-3,5-6,8-9,11H2,(H,19,20,23). The van der Waals surface area contributed by atoms with E-state index in [9.17, 15) is 4.79 Å². The van der Waals surface area contributed by atoms with Crippen LogP contribution in [0.15, 0.2) is 23.8 Å². The molecule has 1 saturated carbocycles. The molecule has 2 amide bonds. The maximum absolute atomic E-state index is 12.5. The van der Waals surface area contributed by atoms with Crippen molar-refractivity contribution in [3.63, 3.8) is 0 Å². The molecule has 134 valence electrons. The third-order valence-electron chi connectivity index (χ3n) is 4.89. The number of rotatable bonds is 3. The Hall–Kier alpha value is -1.93. The number of amides is 2. The lowest BCUT2D eigenvalue weighted by Gasteiger charge is -2.32. The molecule has 0 radical (unpaired) electrons. The van der Waals surface area contributed by atoms with E-state index in [0.29, 0.717) is 31.7 Å². The lowest BCUT2D eigenvalue weighted by atomic mass is 9.96. The monoisotopic (exact) mass is 361 g/mol. The van der Waals surface area contributed by atoms with Crippen LogP contribution >= 0.6 is 11.3 Å². The second kappa shape index (κ2) is 7.53. The smallest absolute Gasteiger partial charge is 0.324 e. The van der Waals surface area contributed by atoms with Gasteiger partial charge in [0, 0.05) is 11.4 Å². The van der Waals surface area contributed by atoms with Crippen molar-refractivity contribution in [3.05, 3.63) is 28.7 Å². The van der Waals surface area contributed by atoms with Crippen molar-refractivity contribution in [2.24, 2.45) is 0 Å². The zero-order chi connectivity index (χ0) is 17.1. The lowest BCUT2D eigenvalue weighted by Crippen LogP contribution is -2.44. The van der Waals surface area contributed by atoms with Gasteiger partial charge in [-0.05, 0) is 24.3 Å². The first-order valence-corrected chi connectivity index (χ1v) is 9.79. The Labute approximate surface area is 151 Å². The van der Waals surface area contributed by atoms with Crippen molar-refractivity contribution in [1.82, 2.24) is 19.7 Å². The van der Waals surface area contributed by atoms with Crippen molar-refractivity contribution in [3.8, 4) is 0 Å². The van der Waals surface area contributed by atoms with E-state index < -0.39 is 0 Å². The maximum Gasteiger partial charge on any atom is 0.324 e. The van der Waals surface area contributed by atoms with E-state index in [1.165, 1.54) is 19.3 Å². The van der Waals surface area contributed by atoms with Gasteiger partial charge in [-0.1, -0.05) is 25.3 Å². The molecule has 8 heteroatoms. The Bertz CT molecular complexity index is 696. The summed E-state index contributed by atoms with van der Waals surface area (Å²) in [6, 6.07) is 4.30. The average molecular weight is 361 g/mol. The number of nitrogens with one attached hydrogen (secondary N) is 1. The van der Waals surface area contributed by atoms with Gasteiger partial charge >= 0.3 is 6.03 Å². The highest BCUT2D eigenvalue weighted by atomic mass is 32.1. The van der Waals surface area contributed by atoms with Crippen LogP contribution in [0.5, 0.6) is 0 Å². The Balaban J connectivity index is 1.36. The van der Waals surface area contributed by atoms with Crippen molar-refractivity contribution < 1.29 is 9.53 Å². The Kier molecular flexibility index (Phi) is 4.98. The van der Waals surface area contributed by atoms with Gasteiger partial charge in [0.25, 0.3) is 0 Å². The molecule has 0 aromatic carbocycles. The van der Waals surface area contributed by atoms with Gasteiger partial charge in [-0.3, -0.25) is 5.32 Å².